The largest absolute Gasteiger partial charge is 0.469 e. The van der Waals surface area contributed by atoms with Crippen LogP contribution in [-0.2, 0) is 25.6 Å². The summed E-state index contributed by atoms with van der Waals surface area (Å²) < 4.78 is 10.6. The summed E-state index contributed by atoms with van der Waals surface area (Å²) in [6.45, 7) is 16.2. The van der Waals surface area contributed by atoms with Crippen molar-refractivity contribution in [2.45, 2.75) is 85.5 Å². The van der Waals surface area contributed by atoms with Gasteiger partial charge in [0.1, 0.15) is 5.60 Å². The van der Waals surface area contributed by atoms with Crippen molar-refractivity contribution in [3.05, 3.63) is 35.9 Å². The van der Waals surface area contributed by atoms with Gasteiger partial charge in [-0.2, -0.15) is 0 Å². The van der Waals surface area contributed by atoms with Crippen LogP contribution in [-0.4, -0.2) is 83.6 Å². The minimum atomic E-state index is -0.743. The molecule has 0 saturated carbocycles. The lowest BCUT2D eigenvalue weighted by molar-refractivity contribution is -0.151. The van der Waals surface area contributed by atoms with Crippen LogP contribution >= 0.6 is 0 Å². The lowest BCUT2D eigenvalue weighted by atomic mass is 9.87. The van der Waals surface area contributed by atoms with Gasteiger partial charge in [-0.25, -0.2) is 4.79 Å². The molecule has 1 heterocycles. The number of esters is 1. The highest BCUT2D eigenvalue weighted by molar-refractivity contribution is 5.79. The SMILES string of the molecule is COC(=O)C(C)(C)CCC(=O)N(C[C@@H]1CN(Cc2ccccc2)CCN1C(=O)OC(C)(C)C)C(C)C. The highest BCUT2D eigenvalue weighted by atomic mass is 16.6. The third-order valence-corrected chi connectivity index (χ3v) is 6.50. The molecule has 0 unspecified atom stereocenters. The summed E-state index contributed by atoms with van der Waals surface area (Å²) in [5.74, 6) is -0.363. The fourth-order valence-corrected chi connectivity index (χ4v) is 4.39. The van der Waals surface area contributed by atoms with Gasteiger partial charge < -0.3 is 19.3 Å². The Morgan fingerprint density at radius 2 is 1.69 bits per heavy atom. The topological polar surface area (TPSA) is 79.4 Å². The monoisotopic (exact) mass is 503 g/mol. The number of amides is 2. The summed E-state index contributed by atoms with van der Waals surface area (Å²) in [5, 5.41) is 0. The smallest absolute Gasteiger partial charge is 0.410 e. The molecule has 2 amide bonds. The van der Waals surface area contributed by atoms with Crippen LogP contribution in [0.3, 0.4) is 0 Å². The average Bonchev–Trinajstić information content (AvgIpc) is 2.79. The second kappa shape index (κ2) is 12.6. The number of carbonyl (C=O) groups excluding carboxylic acids is 3. The predicted molar refractivity (Wildman–Crippen MR) is 140 cm³/mol. The van der Waals surface area contributed by atoms with E-state index in [0.29, 0.717) is 26.1 Å². The molecule has 8 heteroatoms. The van der Waals surface area contributed by atoms with Crippen LogP contribution in [0.2, 0.25) is 0 Å². The van der Waals surface area contributed by atoms with E-state index in [1.165, 1.54) is 12.7 Å². The van der Waals surface area contributed by atoms with E-state index >= 15 is 0 Å². The number of piperazine rings is 1. The minimum Gasteiger partial charge on any atom is -0.469 e. The molecular weight excluding hydrogens is 458 g/mol. The third kappa shape index (κ3) is 8.80. The second-order valence-corrected chi connectivity index (χ2v) is 11.6. The highest BCUT2D eigenvalue weighted by Gasteiger charge is 2.36. The third-order valence-electron chi connectivity index (χ3n) is 6.50. The first-order valence-corrected chi connectivity index (χ1v) is 12.9. The predicted octanol–water partition coefficient (Wildman–Crippen LogP) is 4.32. The Balaban J connectivity index is 2.19. The highest BCUT2D eigenvalue weighted by Crippen LogP contribution is 2.25. The lowest BCUT2D eigenvalue weighted by Gasteiger charge is -2.44. The molecule has 1 aliphatic rings. The molecule has 0 N–H and O–H groups in total. The van der Waals surface area contributed by atoms with Gasteiger partial charge in [-0.05, 0) is 60.5 Å². The summed E-state index contributed by atoms with van der Waals surface area (Å²) in [5.41, 5.74) is -0.133. The van der Waals surface area contributed by atoms with Gasteiger partial charge >= 0.3 is 12.1 Å². The molecule has 0 spiro atoms. The van der Waals surface area contributed by atoms with Crippen LogP contribution in [0.25, 0.3) is 0 Å². The number of benzene rings is 1. The summed E-state index contributed by atoms with van der Waals surface area (Å²) in [7, 11) is 1.36. The molecule has 0 bridgehead atoms. The van der Waals surface area contributed by atoms with E-state index in [1.54, 1.807) is 18.7 Å². The summed E-state index contributed by atoms with van der Waals surface area (Å²) in [6, 6.07) is 9.99. The van der Waals surface area contributed by atoms with Gasteiger partial charge in [0.05, 0.1) is 18.6 Å². The standard InChI is InChI=1S/C28H45N3O5/c1-21(2)31(24(32)14-15-28(6,7)25(33)35-8)20-23-19-29(18-22-12-10-9-11-13-22)16-17-30(23)26(34)36-27(3,4)5/h9-13,21,23H,14-20H2,1-8H3/t23-/m0/s1. The van der Waals surface area contributed by atoms with Gasteiger partial charge in [0.15, 0.2) is 0 Å². The normalized spacial score (nSPS) is 17.1. The molecule has 1 saturated heterocycles. The number of nitrogens with zero attached hydrogens (tertiary/aromatic N) is 3. The maximum absolute atomic E-state index is 13.3. The van der Waals surface area contributed by atoms with Crippen molar-refractivity contribution in [3.63, 3.8) is 0 Å². The van der Waals surface area contributed by atoms with Crippen LogP contribution in [0.4, 0.5) is 4.79 Å². The zero-order valence-corrected chi connectivity index (χ0v) is 23.4. The summed E-state index contributed by atoms with van der Waals surface area (Å²) in [6.07, 6.45) is 0.269. The van der Waals surface area contributed by atoms with Gasteiger partial charge in [-0.3, -0.25) is 14.5 Å². The van der Waals surface area contributed by atoms with Crippen LogP contribution < -0.4 is 0 Å². The number of rotatable bonds is 9. The lowest BCUT2D eigenvalue weighted by Crippen LogP contribution is -2.60. The van der Waals surface area contributed by atoms with Gasteiger partial charge in [0.2, 0.25) is 5.91 Å². The Kier molecular flexibility index (Phi) is 10.3. The van der Waals surface area contributed by atoms with Crippen molar-refractivity contribution < 1.29 is 23.9 Å². The molecule has 1 aromatic rings. The molecule has 0 aromatic heterocycles. The van der Waals surface area contributed by atoms with Crippen molar-refractivity contribution >= 4 is 18.0 Å². The van der Waals surface area contributed by atoms with Crippen LogP contribution in [0.1, 0.15) is 66.9 Å². The number of ether oxygens (including phenoxy) is 2. The van der Waals surface area contributed by atoms with E-state index in [4.69, 9.17) is 9.47 Å². The number of hydrogen-bond donors (Lipinski definition) is 0. The molecule has 1 atom stereocenters. The zero-order valence-electron chi connectivity index (χ0n) is 23.4. The zero-order chi connectivity index (χ0) is 27.1. The fourth-order valence-electron chi connectivity index (χ4n) is 4.39. The maximum Gasteiger partial charge on any atom is 0.410 e. The average molecular weight is 504 g/mol. The van der Waals surface area contributed by atoms with Crippen LogP contribution in [0, 0.1) is 5.41 Å². The molecule has 0 aliphatic carbocycles. The Morgan fingerprint density at radius 1 is 1.06 bits per heavy atom. The Morgan fingerprint density at radius 3 is 2.25 bits per heavy atom. The molecule has 1 aliphatic heterocycles. The minimum absolute atomic E-state index is 0.0358. The Hall–Kier alpha value is -2.61. The number of carbonyl (C=O) groups is 3. The van der Waals surface area contributed by atoms with Gasteiger partial charge in [-0.15, -0.1) is 0 Å². The van der Waals surface area contributed by atoms with Crippen molar-refractivity contribution in [2.24, 2.45) is 5.41 Å². The quantitative estimate of drug-likeness (QED) is 0.467. The molecular formula is C28H45N3O5. The van der Waals surface area contributed by atoms with Crippen molar-refractivity contribution in [2.75, 3.05) is 33.3 Å². The molecule has 2 rings (SSSR count). The fraction of sp³-hybridized carbons (Fsp3) is 0.679. The van der Waals surface area contributed by atoms with E-state index in [-0.39, 0.29) is 36.5 Å². The van der Waals surface area contributed by atoms with Gasteiger partial charge in [0.25, 0.3) is 0 Å². The summed E-state index contributed by atoms with van der Waals surface area (Å²) >= 11 is 0. The van der Waals surface area contributed by atoms with Crippen molar-refractivity contribution in [3.8, 4) is 0 Å². The van der Waals surface area contributed by atoms with Crippen molar-refractivity contribution in [1.82, 2.24) is 14.7 Å². The van der Waals surface area contributed by atoms with E-state index in [1.807, 2.05) is 57.7 Å². The Labute approximate surface area is 216 Å². The number of methoxy groups -OCH3 is 1. The van der Waals surface area contributed by atoms with E-state index in [0.717, 1.165) is 13.1 Å². The van der Waals surface area contributed by atoms with E-state index in [9.17, 15) is 14.4 Å². The first-order chi connectivity index (χ1) is 16.7. The first kappa shape index (κ1) is 29.6. The molecule has 1 aromatic carbocycles. The molecule has 1 fully saturated rings. The van der Waals surface area contributed by atoms with Crippen molar-refractivity contribution in [1.29, 1.82) is 0 Å². The maximum atomic E-state index is 13.3. The van der Waals surface area contributed by atoms with Crippen LogP contribution in [0.15, 0.2) is 30.3 Å². The first-order valence-electron chi connectivity index (χ1n) is 12.9. The molecule has 36 heavy (non-hydrogen) atoms. The van der Waals surface area contributed by atoms with E-state index in [2.05, 4.69) is 17.0 Å². The molecule has 8 nitrogen and oxygen atoms in total. The van der Waals surface area contributed by atoms with Gasteiger partial charge in [-0.1, -0.05) is 30.3 Å². The molecule has 202 valence electrons. The van der Waals surface area contributed by atoms with Gasteiger partial charge in [0, 0.05) is 45.2 Å². The molecule has 0 radical (unpaired) electrons. The number of hydrogen-bond acceptors (Lipinski definition) is 6. The van der Waals surface area contributed by atoms with Crippen LogP contribution in [0.5, 0.6) is 0 Å². The summed E-state index contributed by atoms with van der Waals surface area (Å²) in [4.78, 5) is 44.4. The second-order valence-electron chi connectivity index (χ2n) is 11.6. The van der Waals surface area contributed by atoms with E-state index < -0.39 is 11.0 Å². The Bertz CT molecular complexity index is 879.